The van der Waals surface area contributed by atoms with Crippen molar-refractivity contribution in [3.8, 4) is 0 Å². The van der Waals surface area contributed by atoms with E-state index < -0.39 is 29.7 Å². The summed E-state index contributed by atoms with van der Waals surface area (Å²) in [6.07, 6.45) is 4.45. The van der Waals surface area contributed by atoms with Gasteiger partial charge in [-0.25, -0.2) is 4.79 Å². The van der Waals surface area contributed by atoms with Gasteiger partial charge in [-0.3, -0.25) is 4.79 Å². The third kappa shape index (κ3) is 9.24. The van der Waals surface area contributed by atoms with Crippen LogP contribution in [0.5, 0.6) is 0 Å². The lowest BCUT2D eigenvalue weighted by atomic mass is 10.1. The second-order valence-corrected chi connectivity index (χ2v) is 6.92. The van der Waals surface area contributed by atoms with E-state index in [9.17, 15) is 22.8 Å². The second-order valence-electron chi connectivity index (χ2n) is 6.92. The molecule has 0 bridgehead atoms. The van der Waals surface area contributed by atoms with Crippen molar-refractivity contribution in [1.82, 2.24) is 5.32 Å². The highest BCUT2D eigenvalue weighted by molar-refractivity contribution is 5.96. The molecule has 0 saturated carbocycles. The zero-order valence-electron chi connectivity index (χ0n) is 16.6. The van der Waals surface area contributed by atoms with Crippen LogP contribution in [0.15, 0.2) is 24.3 Å². The molecule has 1 unspecified atom stereocenters. The van der Waals surface area contributed by atoms with Crippen LogP contribution in [0.1, 0.15) is 81.1 Å². The van der Waals surface area contributed by atoms with E-state index in [1.165, 1.54) is 45.1 Å². The zero-order chi connectivity index (χ0) is 21.0. The Morgan fingerprint density at radius 2 is 1.64 bits per heavy atom. The average Bonchev–Trinajstić information content (AvgIpc) is 2.65. The normalized spacial score (nSPS) is 12.5. The Morgan fingerprint density at radius 1 is 1.04 bits per heavy atom. The van der Waals surface area contributed by atoms with Gasteiger partial charge in [-0.1, -0.05) is 57.9 Å². The first-order chi connectivity index (χ1) is 13.3. The minimum absolute atomic E-state index is 0.155. The quantitative estimate of drug-likeness (QED) is 0.371. The van der Waals surface area contributed by atoms with Crippen molar-refractivity contribution in [2.24, 2.45) is 0 Å². The van der Waals surface area contributed by atoms with Crippen molar-refractivity contribution in [2.45, 2.75) is 77.4 Å². The number of nitrogens with one attached hydrogen (secondary N) is 1. The molecule has 28 heavy (non-hydrogen) atoms. The molecule has 1 atom stereocenters. The molecule has 0 aliphatic carbocycles. The van der Waals surface area contributed by atoms with E-state index in [0.29, 0.717) is 0 Å². The number of ether oxygens (including phenoxy) is 1. The molecule has 1 amide bonds. The summed E-state index contributed by atoms with van der Waals surface area (Å²) in [5.74, 6) is -1.34. The lowest BCUT2D eigenvalue weighted by Crippen LogP contribution is -2.39. The summed E-state index contributed by atoms with van der Waals surface area (Å²) >= 11 is 0. The summed E-state index contributed by atoms with van der Waals surface area (Å²) < 4.78 is 43.3. The van der Waals surface area contributed by atoms with Crippen molar-refractivity contribution in [3.63, 3.8) is 0 Å². The first kappa shape index (κ1) is 24.0. The number of hydrogen-bond donors (Lipinski definition) is 1. The third-order valence-corrected chi connectivity index (χ3v) is 4.40. The SMILES string of the molecule is CCCCCCCCCCOC(=O)C(C)NC(=O)c1cccc(C(F)(F)F)c1. The lowest BCUT2D eigenvalue weighted by molar-refractivity contribution is -0.145. The Hall–Kier alpha value is -2.05. The van der Waals surface area contributed by atoms with Crippen molar-refractivity contribution in [3.05, 3.63) is 35.4 Å². The number of halogens is 3. The molecule has 0 aliphatic heterocycles. The van der Waals surface area contributed by atoms with Crippen LogP contribution in [0.2, 0.25) is 0 Å². The monoisotopic (exact) mass is 401 g/mol. The molecular formula is C21H30F3NO3. The second kappa shape index (κ2) is 12.4. The molecule has 4 nitrogen and oxygen atoms in total. The maximum absolute atomic E-state index is 12.7. The first-order valence-electron chi connectivity index (χ1n) is 9.90. The minimum Gasteiger partial charge on any atom is -0.464 e. The maximum atomic E-state index is 12.7. The number of carbonyl (C=O) groups is 2. The van der Waals surface area contributed by atoms with Gasteiger partial charge >= 0.3 is 12.1 Å². The topological polar surface area (TPSA) is 55.4 Å². The minimum atomic E-state index is -4.53. The molecule has 7 heteroatoms. The van der Waals surface area contributed by atoms with Gasteiger partial charge in [-0.05, 0) is 31.5 Å². The van der Waals surface area contributed by atoms with Gasteiger partial charge < -0.3 is 10.1 Å². The number of carbonyl (C=O) groups excluding carboxylic acids is 2. The third-order valence-electron chi connectivity index (χ3n) is 4.40. The summed E-state index contributed by atoms with van der Waals surface area (Å²) in [4.78, 5) is 24.0. The standard InChI is InChI=1S/C21H30F3NO3/c1-3-4-5-6-7-8-9-10-14-28-20(27)16(2)25-19(26)17-12-11-13-18(15-17)21(22,23)24/h11-13,15-16H,3-10,14H2,1-2H3,(H,25,26). The van der Waals surface area contributed by atoms with Crippen LogP contribution in [0, 0.1) is 0 Å². The highest BCUT2D eigenvalue weighted by Gasteiger charge is 2.31. The number of amides is 1. The summed E-state index contributed by atoms with van der Waals surface area (Å²) in [5.41, 5.74) is -1.07. The van der Waals surface area contributed by atoms with Crippen molar-refractivity contribution in [2.75, 3.05) is 6.61 Å². The van der Waals surface area contributed by atoms with E-state index in [2.05, 4.69) is 12.2 Å². The predicted octanol–water partition coefficient (Wildman–Crippen LogP) is 5.51. The number of benzene rings is 1. The molecule has 1 aromatic rings. The fourth-order valence-corrected chi connectivity index (χ4v) is 2.71. The van der Waals surface area contributed by atoms with E-state index in [-0.39, 0.29) is 12.2 Å². The molecular weight excluding hydrogens is 371 g/mol. The molecule has 158 valence electrons. The van der Waals surface area contributed by atoms with Gasteiger partial charge in [0, 0.05) is 5.56 Å². The summed E-state index contributed by atoms with van der Waals surface area (Å²) in [6, 6.07) is 3.13. The lowest BCUT2D eigenvalue weighted by Gasteiger charge is -2.14. The Morgan fingerprint density at radius 3 is 2.25 bits per heavy atom. The van der Waals surface area contributed by atoms with Gasteiger partial charge in [0.15, 0.2) is 0 Å². The smallest absolute Gasteiger partial charge is 0.416 e. The van der Waals surface area contributed by atoms with Gasteiger partial charge in [-0.2, -0.15) is 13.2 Å². The predicted molar refractivity (Wildman–Crippen MR) is 102 cm³/mol. The van der Waals surface area contributed by atoms with Crippen molar-refractivity contribution >= 4 is 11.9 Å². The number of rotatable bonds is 12. The van der Waals surface area contributed by atoms with Gasteiger partial charge in [-0.15, -0.1) is 0 Å². The molecule has 1 aromatic carbocycles. The molecule has 0 heterocycles. The van der Waals surface area contributed by atoms with Crippen LogP contribution in [-0.2, 0) is 15.7 Å². The van der Waals surface area contributed by atoms with E-state index >= 15 is 0 Å². The van der Waals surface area contributed by atoms with Gasteiger partial charge in [0.2, 0.25) is 0 Å². The first-order valence-corrected chi connectivity index (χ1v) is 9.90. The molecule has 0 aliphatic rings. The Balaban J connectivity index is 2.30. The van der Waals surface area contributed by atoms with E-state index in [1.54, 1.807) is 0 Å². The number of unbranched alkanes of at least 4 members (excludes halogenated alkanes) is 7. The number of hydrogen-bond acceptors (Lipinski definition) is 3. The maximum Gasteiger partial charge on any atom is 0.416 e. The van der Waals surface area contributed by atoms with Crippen LogP contribution in [0.4, 0.5) is 13.2 Å². The van der Waals surface area contributed by atoms with Crippen molar-refractivity contribution < 1.29 is 27.5 Å². The van der Waals surface area contributed by atoms with Gasteiger partial charge in [0.05, 0.1) is 12.2 Å². The van der Waals surface area contributed by atoms with Gasteiger partial charge in [0.1, 0.15) is 6.04 Å². The van der Waals surface area contributed by atoms with E-state index in [1.807, 2.05) is 0 Å². The Labute approximate surface area is 164 Å². The van der Waals surface area contributed by atoms with Crippen LogP contribution in [0.25, 0.3) is 0 Å². The molecule has 0 aromatic heterocycles. The molecule has 0 radical (unpaired) electrons. The van der Waals surface area contributed by atoms with E-state index in [0.717, 1.165) is 37.5 Å². The molecule has 1 rings (SSSR count). The number of esters is 1. The molecule has 0 saturated heterocycles. The van der Waals surface area contributed by atoms with Crippen molar-refractivity contribution in [1.29, 1.82) is 0 Å². The highest BCUT2D eigenvalue weighted by atomic mass is 19.4. The largest absolute Gasteiger partial charge is 0.464 e. The van der Waals surface area contributed by atoms with Gasteiger partial charge in [0.25, 0.3) is 5.91 Å². The number of alkyl halides is 3. The summed E-state index contributed by atoms with van der Waals surface area (Å²) in [5, 5.41) is 2.37. The summed E-state index contributed by atoms with van der Waals surface area (Å²) in [6.45, 7) is 3.90. The molecule has 0 fully saturated rings. The average molecular weight is 401 g/mol. The van der Waals surface area contributed by atoms with Crippen LogP contribution in [-0.4, -0.2) is 24.5 Å². The van der Waals surface area contributed by atoms with Crippen LogP contribution < -0.4 is 5.32 Å². The molecule has 1 N–H and O–H groups in total. The fraction of sp³-hybridized carbons (Fsp3) is 0.619. The van der Waals surface area contributed by atoms with Crippen LogP contribution >= 0.6 is 0 Å². The summed E-state index contributed by atoms with van der Waals surface area (Å²) in [7, 11) is 0. The van der Waals surface area contributed by atoms with Crippen LogP contribution in [0.3, 0.4) is 0 Å². The van der Waals surface area contributed by atoms with E-state index in [4.69, 9.17) is 4.74 Å². The Kier molecular flexibility index (Phi) is 10.6. The molecule has 0 spiro atoms. The highest BCUT2D eigenvalue weighted by Crippen LogP contribution is 2.29. The zero-order valence-corrected chi connectivity index (χ0v) is 16.6. The fourth-order valence-electron chi connectivity index (χ4n) is 2.71. The Bertz CT molecular complexity index is 617.